The maximum Gasteiger partial charge on any atom is 0.323 e. The van der Waals surface area contributed by atoms with Gasteiger partial charge in [-0.1, -0.05) is 11.1 Å². The van der Waals surface area contributed by atoms with Crippen LogP contribution in [-0.2, 0) is 11.3 Å². The maximum atomic E-state index is 11.6. The Hall–Kier alpha value is -2.49. The minimum Gasteiger partial charge on any atom is -0.480 e. The van der Waals surface area contributed by atoms with Crippen LogP contribution < -0.4 is 5.32 Å². The Labute approximate surface area is 97.4 Å². The van der Waals surface area contributed by atoms with Crippen molar-refractivity contribution in [1.29, 1.82) is 0 Å². The zero-order valence-corrected chi connectivity index (χ0v) is 8.92. The van der Waals surface area contributed by atoms with Gasteiger partial charge in [-0.2, -0.15) is 0 Å². The molecule has 0 atom stereocenters. The first-order valence-electron chi connectivity index (χ1n) is 4.70. The van der Waals surface area contributed by atoms with Crippen molar-refractivity contribution in [3.63, 3.8) is 0 Å². The molecule has 7 heteroatoms. The molecule has 1 heterocycles. The molecule has 1 rings (SSSR count). The highest BCUT2D eigenvalue weighted by atomic mass is 16.5. The fraction of sp³-hybridized carbons (Fsp3) is 0.300. The summed E-state index contributed by atoms with van der Waals surface area (Å²) in [6.45, 7) is -0.373. The van der Waals surface area contributed by atoms with E-state index in [9.17, 15) is 9.59 Å². The Morgan fingerprint density at radius 2 is 2.41 bits per heavy atom. The summed E-state index contributed by atoms with van der Waals surface area (Å²) in [5.74, 6) is 1.09. The van der Waals surface area contributed by atoms with Crippen molar-refractivity contribution in [3.05, 3.63) is 18.0 Å². The summed E-state index contributed by atoms with van der Waals surface area (Å²) in [7, 11) is 0. The van der Waals surface area contributed by atoms with E-state index in [0.29, 0.717) is 5.69 Å². The van der Waals surface area contributed by atoms with Gasteiger partial charge in [0, 0.05) is 6.07 Å². The molecule has 17 heavy (non-hydrogen) atoms. The number of terminal acetylenes is 1. The smallest absolute Gasteiger partial charge is 0.323 e. The van der Waals surface area contributed by atoms with E-state index in [1.54, 1.807) is 6.07 Å². The number of carbonyl (C=O) groups is 2. The van der Waals surface area contributed by atoms with Crippen LogP contribution in [0.15, 0.2) is 16.9 Å². The molecule has 0 fully saturated rings. The van der Waals surface area contributed by atoms with Crippen LogP contribution in [0.25, 0.3) is 0 Å². The molecule has 1 aromatic heterocycles. The molecule has 7 nitrogen and oxygen atoms in total. The lowest BCUT2D eigenvalue weighted by molar-refractivity contribution is -0.137. The Kier molecular flexibility index (Phi) is 4.57. The van der Waals surface area contributed by atoms with E-state index in [2.05, 4.69) is 20.9 Å². The van der Waals surface area contributed by atoms with Gasteiger partial charge in [0.05, 0.1) is 13.1 Å². The number of carboxylic acids is 1. The number of urea groups is 1. The van der Waals surface area contributed by atoms with Crippen molar-refractivity contribution in [2.24, 2.45) is 0 Å². The summed E-state index contributed by atoms with van der Waals surface area (Å²) in [5, 5.41) is 14.7. The summed E-state index contributed by atoms with van der Waals surface area (Å²) in [4.78, 5) is 23.1. The molecule has 0 aromatic carbocycles. The van der Waals surface area contributed by atoms with E-state index in [0.717, 1.165) is 4.90 Å². The Morgan fingerprint density at radius 3 is 2.94 bits per heavy atom. The Balaban J connectivity index is 2.47. The highest BCUT2D eigenvalue weighted by Crippen LogP contribution is 1.95. The highest BCUT2D eigenvalue weighted by Gasteiger charge is 2.15. The fourth-order valence-electron chi connectivity index (χ4n) is 1.08. The van der Waals surface area contributed by atoms with Crippen LogP contribution in [0.2, 0.25) is 0 Å². The molecule has 0 saturated heterocycles. The second kappa shape index (κ2) is 6.17. The Morgan fingerprint density at radius 1 is 1.65 bits per heavy atom. The largest absolute Gasteiger partial charge is 0.480 e. The van der Waals surface area contributed by atoms with Gasteiger partial charge in [0.15, 0.2) is 0 Å². The average molecular weight is 237 g/mol. The van der Waals surface area contributed by atoms with E-state index in [1.165, 1.54) is 6.26 Å². The summed E-state index contributed by atoms with van der Waals surface area (Å²) < 4.78 is 4.58. The third-order valence-corrected chi connectivity index (χ3v) is 1.81. The molecule has 0 aliphatic carbocycles. The number of hydrogen-bond donors (Lipinski definition) is 2. The molecule has 0 radical (unpaired) electrons. The monoisotopic (exact) mass is 237 g/mol. The van der Waals surface area contributed by atoms with Crippen LogP contribution in [0, 0.1) is 12.3 Å². The van der Waals surface area contributed by atoms with E-state index in [-0.39, 0.29) is 13.1 Å². The van der Waals surface area contributed by atoms with Gasteiger partial charge in [-0.3, -0.25) is 4.79 Å². The summed E-state index contributed by atoms with van der Waals surface area (Å²) in [6, 6.07) is 1.02. The second-order valence-corrected chi connectivity index (χ2v) is 3.10. The van der Waals surface area contributed by atoms with Crippen LogP contribution in [-0.4, -0.2) is 40.3 Å². The topological polar surface area (TPSA) is 95.7 Å². The molecule has 2 amide bonds. The van der Waals surface area contributed by atoms with E-state index < -0.39 is 18.5 Å². The van der Waals surface area contributed by atoms with Gasteiger partial charge in [0.25, 0.3) is 0 Å². The first kappa shape index (κ1) is 12.6. The van der Waals surface area contributed by atoms with Gasteiger partial charge in [-0.05, 0) is 0 Å². The van der Waals surface area contributed by atoms with Gasteiger partial charge in [0.2, 0.25) is 0 Å². The van der Waals surface area contributed by atoms with Crippen LogP contribution in [0.4, 0.5) is 4.79 Å². The van der Waals surface area contributed by atoms with Crippen molar-refractivity contribution in [3.8, 4) is 12.3 Å². The molecule has 0 saturated carbocycles. The van der Waals surface area contributed by atoms with Gasteiger partial charge in [-0.15, -0.1) is 6.42 Å². The lowest BCUT2D eigenvalue weighted by atomic mass is 10.4. The number of aromatic nitrogens is 1. The number of nitrogens with one attached hydrogen (secondary N) is 1. The summed E-state index contributed by atoms with van der Waals surface area (Å²) in [5.41, 5.74) is 0.536. The molecule has 1 aromatic rings. The van der Waals surface area contributed by atoms with Crippen LogP contribution in [0.1, 0.15) is 5.69 Å². The molecule has 2 N–H and O–H groups in total. The van der Waals surface area contributed by atoms with E-state index >= 15 is 0 Å². The molecule has 0 spiro atoms. The number of amides is 2. The lowest BCUT2D eigenvalue weighted by Crippen LogP contribution is -2.42. The van der Waals surface area contributed by atoms with E-state index in [1.807, 2.05) is 0 Å². The molecular weight excluding hydrogens is 226 g/mol. The number of carbonyl (C=O) groups excluding carboxylic acids is 1. The van der Waals surface area contributed by atoms with Crippen LogP contribution in [0.5, 0.6) is 0 Å². The molecule has 0 aliphatic heterocycles. The zero-order valence-electron chi connectivity index (χ0n) is 8.92. The third kappa shape index (κ3) is 4.25. The predicted octanol–water partition coefficient (Wildman–Crippen LogP) is -0.0960. The maximum absolute atomic E-state index is 11.6. The predicted molar refractivity (Wildman–Crippen MR) is 56.8 cm³/mol. The van der Waals surface area contributed by atoms with Gasteiger partial charge in [-0.25, -0.2) is 4.79 Å². The first-order chi connectivity index (χ1) is 8.13. The lowest BCUT2D eigenvalue weighted by Gasteiger charge is -2.17. The van der Waals surface area contributed by atoms with Crippen molar-refractivity contribution in [2.75, 3.05) is 13.1 Å². The standard InChI is InChI=1S/C10H11N3O4/c1-2-4-13(7-9(14)15)10(16)11-6-8-3-5-17-12-8/h1,3,5H,4,6-7H2,(H,11,16)(H,14,15). The highest BCUT2D eigenvalue weighted by molar-refractivity contribution is 5.80. The minimum absolute atomic E-state index is 0.0725. The van der Waals surface area contributed by atoms with Gasteiger partial charge in [0.1, 0.15) is 18.5 Å². The average Bonchev–Trinajstić information content (AvgIpc) is 2.77. The zero-order chi connectivity index (χ0) is 12.7. The number of aliphatic carboxylic acids is 1. The second-order valence-electron chi connectivity index (χ2n) is 3.10. The SMILES string of the molecule is C#CCN(CC(=O)O)C(=O)NCc1ccon1. The molecule has 0 aliphatic rings. The normalized spacial score (nSPS) is 9.35. The molecular formula is C10H11N3O4. The summed E-state index contributed by atoms with van der Waals surface area (Å²) in [6.07, 6.45) is 6.41. The van der Waals surface area contributed by atoms with Crippen LogP contribution in [0.3, 0.4) is 0 Å². The fourth-order valence-corrected chi connectivity index (χ4v) is 1.08. The summed E-state index contributed by atoms with van der Waals surface area (Å²) >= 11 is 0. The van der Waals surface area contributed by atoms with Gasteiger partial charge >= 0.3 is 12.0 Å². The quantitative estimate of drug-likeness (QED) is 0.697. The number of carboxylic acid groups (broad SMARTS) is 1. The number of hydrogen-bond acceptors (Lipinski definition) is 4. The molecule has 0 unspecified atom stereocenters. The van der Waals surface area contributed by atoms with Gasteiger partial charge < -0.3 is 19.8 Å². The van der Waals surface area contributed by atoms with Crippen molar-refractivity contribution >= 4 is 12.0 Å². The number of nitrogens with zero attached hydrogens (tertiary/aromatic N) is 2. The third-order valence-electron chi connectivity index (χ3n) is 1.81. The molecule has 90 valence electrons. The first-order valence-corrected chi connectivity index (χ1v) is 4.70. The van der Waals surface area contributed by atoms with Crippen molar-refractivity contribution in [1.82, 2.24) is 15.4 Å². The van der Waals surface area contributed by atoms with Crippen molar-refractivity contribution in [2.45, 2.75) is 6.54 Å². The number of rotatable bonds is 5. The van der Waals surface area contributed by atoms with Crippen LogP contribution >= 0.6 is 0 Å². The van der Waals surface area contributed by atoms with Crippen molar-refractivity contribution < 1.29 is 19.2 Å². The molecule has 0 bridgehead atoms. The van der Waals surface area contributed by atoms with E-state index in [4.69, 9.17) is 11.5 Å². The minimum atomic E-state index is -1.13. The Bertz CT molecular complexity index is 421.